The summed E-state index contributed by atoms with van der Waals surface area (Å²) in [4.78, 5) is 11.2. The van der Waals surface area contributed by atoms with E-state index in [1.807, 2.05) is 18.2 Å². The van der Waals surface area contributed by atoms with E-state index in [0.717, 1.165) is 6.42 Å². The number of carbonyl (C=O) groups excluding carboxylic acids is 1. The fourth-order valence-electron chi connectivity index (χ4n) is 2.01. The number of esters is 1. The Morgan fingerprint density at radius 2 is 2.07 bits per heavy atom. The average molecular weight is 190 g/mol. The van der Waals surface area contributed by atoms with Crippen molar-refractivity contribution >= 4 is 5.97 Å². The van der Waals surface area contributed by atoms with E-state index in [1.54, 1.807) is 0 Å². The molecule has 1 aliphatic heterocycles. The van der Waals surface area contributed by atoms with E-state index in [0.29, 0.717) is 6.42 Å². The zero-order valence-electron chi connectivity index (χ0n) is 8.27. The molecule has 0 spiro atoms. The summed E-state index contributed by atoms with van der Waals surface area (Å²) in [7, 11) is 0. The van der Waals surface area contributed by atoms with Gasteiger partial charge < -0.3 is 4.74 Å². The molecule has 1 heterocycles. The monoisotopic (exact) mass is 190 g/mol. The molecule has 0 saturated carbocycles. The molecule has 1 aromatic rings. The van der Waals surface area contributed by atoms with E-state index >= 15 is 0 Å². The first-order chi connectivity index (χ1) is 6.81. The second-order valence-corrected chi connectivity index (χ2v) is 3.66. The average Bonchev–Trinajstić information content (AvgIpc) is 2.61. The lowest BCUT2D eigenvalue weighted by atomic mass is 9.91. The van der Waals surface area contributed by atoms with Gasteiger partial charge in [0.15, 0.2) is 0 Å². The molecule has 0 aromatic heterocycles. The van der Waals surface area contributed by atoms with Crippen molar-refractivity contribution in [1.82, 2.24) is 0 Å². The first-order valence-electron chi connectivity index (χ1n) is 5.05. The predicted molar refractivity (Wildman–Crippen MR) is 54.0 cm³/mol. The fraction of sp³-hybridized carbons (Fsp3) is 0.417. The summed E-state index contributed by atoms with van der Waals surface area (Å²) in [6.07, 6.45) is 1.50. The molecule has 0 N–H and O–H groups in total. The summed E-state index contributed by atoms with van der Waals surface area (Å²) in [5.41, 5.74) is 1.21. The molecule has 0 radical (unpaired) electrons. The Kier molecular flexibility index (Phi) is 2.53. The Labute approximate surface area is 83.9 Å². The summed E-state index contributed by atoms with van der Waals surface area (Å²) in [5.74, 6) is 0.194. The molecular formula is C12H14O2. The molecule has 0 amide bonds. The third-order valence-corrected chi connectivity index (χ3v) is 2.75. The van der Waals surface area contributed by atoms with Gasteiger partial charge in [-0.25, -0.2) is 0 Å². The molecule has 1 aliphatic rings. The number of carbonyl (C=O) groups is 1. The highest BCUT2D eigenvalue weighted by atomic mass is 16.5. The number of hydrogen-bond donors (Lipinski definition) is 0. The van der Waals surface area contributed by atoms with Crippen molar-refractivity contribution in [2.45, 2.75) is 31.8 Å². The molecule has 74 valence electrons. The summed E-state index contributed by atoms with van der Waals surface area (Å²) in [5, 5.41) is 0. The van der Waals surface area contributed by atoms with Gasteiger partial charge in [-0.05, 0) is 12.0 Å². The van der Waals surface area contributed by atoms with Crippen molar-refractivity contribution in [3.8, 4) is 0 Å². The molecule has 2 atom stereocenters. The van der Waals surface area contributed by atoms with E-state index in [2.05, 4.69) is 19.1 Å². The minimum absolute atomic E-state index is 0.0642. The molecule has 0 aliphatic carbocycles. The lowest BCUT2D eigenvalue weighted by Crippen LogP contribution is -2.12. The Hall–Kier alpha value is -1.31. The van der Waals surface area contributed by atoms with Gasteiger partial charge in [0.25, 0.3) is 0 Å². The van der Waals surface area contributed by atoms with Crippen LogP contribution in [0.5, 0.6) is 0 Å². The molecule has 2 rings (SSSR count). The maximum Gasteiger partial charge on any atom is 0.306 e. The summed E-state index contributed by atoms with van der Waals surface area (Å²) in [6.45, 7) is 2.05. The van der Waals surface area contributed by atoms with Crippen LogP contribution in [-0.4, -0.2) is 12.1 Å². The van der Waals surface area contributed by atoms with Crippen LogP contribution in [-0.2, 0) is 9.53 Å². The van der Waals surface area contributed by atoms with Crippen molar-refractivity contribution < 1.29 is 9.53 Å². The minimum Gasteiger partial charge on any atom is -0.462 e. The van der Waals surface area contributed by atoms with E-state index in [4.69, 9.17) is 4.74 Å². The summed E-state index contributed by atoms with van der Waals surface area (Å²) >= 11 is 0. The van der Waals surface area contributed by atoms with Gasteiger partial charge in [0.2, 0.25) is 0 Å². The van der Waals surface area contributed by atoms with Gasteiger partial charge in [-0.1, -0.05) is 37.3 Å². The number of cyclic esters (lactones) is 1. The predicted octanol–water partition coefficient (Wildman–Crippen LogP) is 2.50. The normalized spacial score (nSPS) is 26.2. The van der Waals surface area contributed by atoms with Gasteiger partial charge >= 0.3 is 5.97 Å². The van der Waals surface area contributed by atoms with Gasteiger partial charge in [-0.2, -0.15) is 0 Å². The zero-order valence-corrected chi connectivity index (χ0v) is 8.27. The zero-order chi connectivity index (χ0) is 9.97. The van der Waals surface area contributed by atoms with Crippen LogP contribution in [0, 0.1) is 0 Å². The molecule has 2 nitrogen and oxygen atoms in total. The molecule has 0 bridgehead atoms. The van der Waals surface area contributed by atoms with E-state index < -0.39 is 0 Å². The van der Waals surface area contributed by atoms with E-state index in [-0.39, 0.29) is 18.0 Å². The first kappa shape index (κ1) is 9.25. The lowest BCUT2D eigenvalue weighted by Gasteiger charge is -2.15. The maximum atomic E-state index is 11.2. The van der Waals surface area contributed by atoms with Crippen LogP contribution in [0.2, 0.25) is 0 Å². The lowest BCUT2D eigenvalue weighted by molar-refractivity contribution is -0.141. The number of ether oxygens (including phenoxy) is 1. The molecular weight excluding hydrogens is 176 g/mol. The second kappa shape index (κ2) is 3.82. The Morgan fingerprint density at radius 1 is 1.36 bits per heavy atom. The fourth-order valence-corrected chi connectivity index (χ4v) is 2.01. The van der Waals surface area contributed by atoms with Crippen LogP contribution in [0.1, 0.15) is 31.2 Å². The third kappa shape index (κ3) is 1.65. The van der Waals surface area contributed by atoms with Crippen molar-refractivity contribution in [1.29, 1.82) is 0 Å². The number of hydrogen-bond acceptors (Lipinski definition) is 2. The Balaban J connectivity index is 2.22. The van der Waals surface area contributed by atoms with E-state index in [1.165, 1.54) is 5.56 Å². The SMILES string of the molecule is CCC1OC(=O)CC1c1ccccc1. The first-order valence-corrected chi connectivity index (χ1v) is 5.05. The highest BCUT2D eigenvalue weighted by molar-refractivity contribution is 5.73. The van der Waals surface area contributed by atoms with Crippen LogP contribution in [0.3, 0.4) is 0 Å². The largest absolute Gasteiger partial charge is 0.462 e. The van der Waals surface area contributed by atoms with Crippen LogP contribution >= 0.6 is 0 Å². The smallest absolute Gasteiger partial charge is 0.306 e. The second-order valence-electron chi connectivity index (χ2n) is 3.66. The Bertz CT molecular complexity index is 318. The molecule has 1 aromatic carbocycles. The van der Waals surface area contributed by atoms with Gasteiger partial charge in [-0.3, -0.25) is 4.79 Å². The van der Waals surface area contributed by atoms with Crippen molar-refractivity contribution in [3.63, 3.8) is 0 Å². The van der Waals surface area contributed by atoms with Crippen molar-refractivity contribution in [2.24, 2.45) is 0 Å². The van der Waals surface area contributed by atoms with Crippen molar-refractivity contribution in [2.75, 3.05) is 0 Å². The highest BCUT2D eigenvalue weighted by Gasteiger charge is 2.34. The molecule has 1 saturated heterocycles. The third-order valence-electron chi connectivity index (χ3n) is 2.75. The van der Waals surface area contributed by atoms with Crippen LogP contribution in [0.15, 0.2) is 30.3 Å². The van der Waals surface area contributed by atoms with Gasteiger partial charge in [-0.15, -0.1) is 0 Å². The van der Waals surface area contributed by atoms with E-state index in [9.17, 15) is 4.79 Å². The summed E-state index contributed by atoms with van der Waals surface area (Å²) in [6, 6.07) is 10.1. The van der Waals surface area contributed by atoms with Gasteiger partial charge in [0, 0.05) is 5.92 Å². The van der Waals surface area contributed by atoms with Crippen LogP contribution in [0.4, 0.5) is 0 Å². The standard InChI is InChI=1S/C12H14O2/c1-2-11-10(8-12(13)14-11)9-6-4-3-5-7-9/h3-7,10-11H,2,8H2,1H3. The highest BCUT2D eigenvalue weighted by Crippen LogP contribution is 2.33. The van der Waals surface area contributed by atoms with Crippen LogP contribution < -0.4 is 0 Å². The molecule has 1 fully saturated rings. The van der Waals surface area contributed by atoms with Gasteiger partial charge in [0.05, 0.1) is 6.42 Å². The molecule has 14 heavy (non-hydrogen) atoms. The quantitative estimate of drug-likeness (QED) is 0.670. The molecule has 2 unspecified atom stereocenters. The minimum atomic E-state index is -0.0642. The Morgan fingerprint density at radius 3 is 2.71 bits per heavy atom. The van der Waals surface area contributed by atoms with Crippen molar-refractivity contribution in [3.05, 3.63) is 35.9 Å². The molecule has 2 heteroatoms. The maximum absolute atomic E-state index is 11.2. The topological polar surface area (TPSA) is 26.3 Å². The summed E-state index contributed by atoms with van der Waals surface area (Å²) < 4.78 is 5.24. The number of benzene rings is 1. The number of rotatable bonds is 2. The van der Waals surface area contributed by atoms with Crippen LogP contribution in [0.25, 0.3) is 0 Å². The van der Waals surface area contributed by atoms with Gasteiger partial charge in [0.1, 0.15) is 6.10 Å².